The van der Waals surface area contributed by atoms with Crippen LogP contribution in [-0.2, 0) is 16.0 Å². The normalized spacial score (nSPS) is 12.0. The van der Waals surface area contributed by atoms with Gasteiger partial charge in [0.05, 0.1) is 21.8 Å². The van der Waals surface area contributed by atoms with E-state index in [0.29, 0.717) is 6.42 Å². The van der Waals surface area contributed by atoms with Crippen molar-refractivity contribution in [1.29, 1.82) is 0 Å². The molecule has 1 amide bonds. The molecule has 0 heterocycles. The number of aromatic hydroxyl groups is 1. The van der Waals surface area contributed by atoms with Gasteiger partial charge in [-0.2, -0.15) is 13.2 Å². The van der Waals surface area contributed by atoms with Crippen LogP contribution in [0.4, 0.5) is 18.9 Å². The fourth-order valence-electron chi connectivity index (χ4n) is 3.23. The number of phenols is 1. The lowest BCUT2D eigenvalue weighted by Gasteiger charge is -2.12. The first-order chi connectivity index (χ1) is 15.0. The zero-order valence-electron chi connectivity index (χ0n) is 17.9. The van der Waals surface area contributed by atoms with Crippen LogP contribution in [0, 0.1) is 0 Å². The van der Waals surface area contributed by atoms with E-state index in [9.17, 15) is 31.5 Å². The topological polar surface area (TPSA) is 83.5 Å². The first-order valence-electron chi connectivity index (χ1n) is 10.6. The number of sulfone groups is 1. The minimum Gasteiger partial charge on any atom is -0.507 e. The highest BCUT2D eigenvalue weighted by molar-refractivity contribution is 7.91. The molecule has 2 rings (SSSR count). The monoisotopic (exact) mass is 471 g/mol. The fraction of sp³-hybridized carbons (Fsp3) is 0.435. The van der Waals surface area contributed by atoms with Crippen molar-refractivity contribution in [1.82, 2.24) is 0 Å². The van der Waals surface area contributed by atoms with Gasteiger partial charge in [-0.25, -0.2) is 8.42 Å². The van der Waals surface area contributed by atoms with E-state index in [1.165, 1.54) is 12.1 Å². The summed E-state index contributed by atoms with van der Waals surface area (Å²) in [5.41, 5.74) is -1.39. The Hall–Kier alpha value is -2.55. The summed E-state index contributed by atoms with van der Waals surface area (Å²) in [4.78, 5) is 12.4. The minimum absolute atomic E-state index is 0.0831. The third-order valence-electron chi connectivity index (χ3n) is 5.04. The molecule has 0 spiro atoms. The van der Waals surface area contributed by atoms with Crippen molar-refractivity contribution in [2.24, 2.45) is 0 Å². The zero-order chi connectivity index (χ0) is 23.8. The van der Waals surface area contributed by atoms with Crippen LogP contribution < -0.4 is 5.32 Å². The Morgan fingerprint density at radius 2 is 1.62 bits per heavy atom. The number of amides is 1. The number of hydrogen-bond donors (Lipinski definition) is 2. The van der Waals surface area contributed by atoms with Gasteiger partial charge in [-0.3, -0.25) is 4.79 Å². The summed E-state index contributed by atoms with van der Waals surface area (Å²) < 4.78 is 63.8. The van der Waals surface area contributed by atoms with Gasteiger partial charge < -0.3 is 10.4 Å². The summed E-state index contributed by atoms with van der Waals surface area (Å²) in [7, 11) is -3.67. The second kappa shape index (κ2) is 11.4. The molecule has 0 aliphatic carbocycles. The lowest BCUT2D eigenvalue weighted by atomic mass is 10.1. The second-order valence-electron chi connectivity index (χ2n) is 7.65. The number of phenolic OH excluding ortho intramolecular Hbond substituents is 1. The van der Waals surface area contributed by atoms with Crippen molar-refractivity contribution in [3.63, 3.8) is 0 Å². The smallest absolute Gasteiger partial charge is 0.416 e. The molecule has 0 saturated carbocycles. The molecule has 0 bridgehead atoms. The molecule has 176 valence electrons. The highest BCUT2D eigenvalue weighted by Gasteiger charge is 2.30. The van der Waals surface area contributed by atoms with E-state index in [2.05, 4.69) is 12.2 Å². The number of nitrogens with one attached hydrogen (secondary N) is 1. The van der Waals surface area contributed by atoms with Crippen molar-refractivity contribution < 1.29 is 31.5 Å². The Labute approximate surface area is 186 Å². The van der Waals surface area contributed by atoms with Crippen molar-refractivity contribution in [2.45, 2.75) is 62.9 Å². The first kappa shape index (κ1) is 25.7. The summed E-state index contributed by atoms with van der Waals surface area (Å²) in [5.74, 6) is -1.46. The van der Waals surface area contributed by atoms with Crippen LogP contribution >= 0.6 is 0 Å². The van der Waals surface area contributed by atoms with E-state index >= 15 is 0 Å². The lowest BCUT2D eigenvalue weighted by molar-refractivity contribution is -0.137. The van der Waals surface area contributed by atoms with Crippen LogP contribution in [0.1, 0.15) is 67.8 Å². The van der Waals surface area contributed by atoms with Crippen molar-refractivity contribution in [3.8, 4) is 5.75 Å². The number of carbonyl (C=O) groups is 1. The number of rotatable bonds is 11. The summed E-state index contributed by atoms with van der Waals surface area (Å²) in [6.45, 7) is 2.12. The summed E-state index contributed by atoms with van der Waals surface area (Å²) in [6, 6.07) is 7.40. The highest BCUT2D eigenvalue weighted by Crippen LogP contribution is 2.31. The molecule has 2 N–H and O–H groups in total. The lowest BCUT2D eigenvalue weighted by Crippen LogP contribution is -2.15. The second-order valence-corrected chi connectivity index (χ2v) is 9.76. The molecule has 0 fully saturated rings. The van der Waals surface area contributed by atoms with Crippen LogP contribution in [0.2, 0.25) is 0 Å². The standard InChI is InChI=1S/C23H28F3NO4S/c1-2-3-4-5-6-7-8-14-32(30,31)19-12-13-21(28)20(16-19)22(29)27-18-11-9-10-17(15-18)23(24,25)26/h9-13,15-16,28H,2-8,14H2,1H3,(H,27,29). The number of anilines is 1. The van der Waals surface area contributed by atoms with Gasteiger partial charge in [-0.15, -0.1) is 0 Å². The Morgan fingerprint density at radius 1 is 0.969 bits per heavy atom. The molecule has 5 nitrogen and oxygen atoms in total. The van der Waals surface area contributed by atoms with Crippen LogP contribution in [0.25, 0.3) is 0 Å². The number of unbranched alkanes of at least 4 members (excludes halogenated alkanes) is 6. The van der Waals surface area contributed by atoms with Gasteiger partial charge in [0.2, 0.25) is 0 Å². The average Bonchev–Trinajstić information content (AvgIpc) is 2.72. The average molecular weight is 472 g/mol. The summed E-state index contributed by atoms with van der Waals surface area (Å²) >= 11 is 0. The maximum absolute atomic E-state index is 12.9. The Bertz CT molecular complexity index is 1020. The number of halogens is 3. The van der Waals surface area contributed by atoms with Crippen LogP contribution in [0.15, 0.2) is 47.4 Å². The first-order valence-corrected chi connectivity index (χ1v) is 12.2. The molecule has 0 saturated heterocycles. The predicted molar refractivity (Wildman–Crippen MR) is 118 cm³/mol. The van der Waals surface area contributed by atoms with E-state index in [4.69, 9.17) is 0 Å². The third kappa shape index (κ3) is 7.55. The molecule has 0 aromatic heterocycles. The summed E-state index contributed by atoms with van der Waals surface area (Å²) in [5, 5.41) is 12.3. The molecule has 0 aliphatic heterocycles. The highest BCUT2D eigenvalue weighted by atomic mass is 32.2. The van der Waals surface area contributed by atoms with Gasteiger partial charge >= 0.3 is 6.18 Å². The minimum atomic E-state index is -4.58. The molecule has 2 aromatic carbocycles. The number of benzene rings is 2. The van der Waals surface area contributed by atoms with E-state index in [1.807, 2.05) is 0 Å². The molecular weight excluding hydrogens is 443 g/mol. The number of carbonyl (C=O) groups excluding carboxylic acids is 1. The number of hydrogen-bond acceptors (Lipinski definition) is 4. The van der Waals surface area contributed by atoms with Gasteiger partial charge in [0.25, 0.3) is 5.91 Å². The quantitative estimate of drug-likeness (QED) is 0.383. The molecule has 0 unspecified atom stereocenters. The largest absolute Gasteiger partial charge is 0.507 e. The molecule has 2 aromatic rings. The van der Waals surface area contributed by atoms with Gasteiger partial charge in [0.15, 0.2) is 9.84 Å². The maximum atomic E-state index is 12.9. The summed E-state index contributed by atoms with van der Waals surface area (Å²) in [6.07, 6.45) is 2.14. The van der Waals surface area contributed by atoms with Gasteiger partial charge in [-0.05, 0) is 42.8 Å². The maximum Gasteiger partial charge on any atom is 0.416 e. The van der Waals surface area contributed by atoms with E-state index in [0.717, 1.165) is 68.9 Å². The Kier molecular flexibility index (Phi) is 9.12. The van der Waals surface area contributed by atoms with Crippen molar-refractivity contribution in [2.75, 3.05) is 11.1 Å². The van der Waals surface area contributed by atoms with Crippen LogP contribution in [-0.4, -0.2) is 25.2 Å². The predicted octanol–water partition coefficient (Wildman–Crippen LogP) is 6.19. The Morgan fingerprint density at radius 3 is 2.28 bits per heavy atom. The van der Waals surface area contributed by atoms with Gasteiger partial charge in [0, 0.05) is 5.69 Å². The van der Waals surface area contributed by atoms with Crippen LogP contribution in [0.5, 0.6) is 5.75 Å². The van der Waals surface area contributed by atoms with E-state index < -0.39 is 33.2 Å². The molecule has 9 heteroatoms. The van der Waals surface area contributed by atoms with Gasteiger partial charge in [0.1, 0.15) is 5.75 Å². The molecule has 0 radical (unpaired) electrons. The molecule has 0 aliphatic rings. The van der Waals surface area contributed by atoms with E-state index in [-0.39, 0.29) is 21.9 Å². The third-order valence-corrected chi connectivity index (χ3v) is 6.83. The van der Waals surface area contributed by atoms with Crippen molar-refractivity contribution >= 4 is 21.4 Å². The van der Waals surface area contributed by atoms with Crippen molar-refractivity contribution in [3.05, 3.63) is 53.6 Å². The van der Waals surface area contributed by atoms with Gasteiger partial charge in [-0.1, -0.05) is 51.5 Å². The van der Waals surface area contributed by atoms with E-state index in [1.54, 1.807) is 0 Å². The Balaban J connectivity index is 2.07. The van der Waals surface area contributed by atoms with Crippen LogP contribution in [0.3, 0.4) is 0 Å². The number of alkyl halides is 3. The molecular formula is C23H28F3NO4S. The molecule has 32 heavy (non-hydrogen) atoms. The molecule has 0 atom stereocenters. The zero-order valence-corrected chi connectivity index (χ0v) is 18.7. The fourth-order valence-corrected chi connectivity index (χ4v) is 4.62. The SMILES string of the molecule is CCCCCCCCCS(=O)(=O)c1ccc(O)c(C(=O)Nc2cccc(C(F)(F)F)c2)c1.